The molecule has 0 spiro atoms. The molecular formula is C20H26Cl2IN5. The van der Waals surface area contributed by atoms with Crippen LogP contribution < -0.4 is 15.5 Å². The van der Waals surface area contributed by atoms with Crippen molar-refractivity contribution in [3.8, 4) is 0 Å². The zero-order chi connectivity index (χ0) is 19.2. The normalized spacial score (nSPS) is 15.1. The number of nitrogens with one attached hydrogen (secondary N) is 2. The van der Waals surface area contributed by atoms with E-state index < -0.39 is 0 Å². The molecule has 8 heteroatoms. The lowest BCUT2D eigenvalue weighted by atomic mass is 10.1. The number of pyridine rings is 1. The molecule has 5 nitrogen and oxygen atoms in total. The molecule has 1 aromatic heterocycles. The summed E-state index contributed by atoms with van der Waals surface area (Å²) in [6.07, 6.45) is 4.43. The van der Waals surface area contributed by atoms with Crippen molar-refractivity contribution in [2.24, 2.45) is 4.99 Å². The highest BCUT2D eigenvalue weighted by molar-refractivity contribution is 14.0. The Kier molecular flexibility index (Phi) is 9.11. The molecule has 1 aromatic carbocycles. The predicted molar refractivity (Wildman–Crippen MR) is 129 cm³/mol. The first kappa shape index (κ1) is 23.0. The summed E-state index contributed by atoms with van der Waals surface area (Å²) in [7, 11) is 1.75. The first-order valence-corrected chi connectivity index (χ1v) is 9.94. The van der Waals surface area contributed by atoms with E-state index in [0.29, 0.717) is 22.5 Å². The van der Waals surface area contributed by atoms with E-state index in [1.807, 2.05) is 25.3 Å². The number of rotatable bonds is 5. The quantitative estimate of drug-likeness (QED) is 0.321. The van der Waals surface area contributed by atoms with Crippen LogP contribution in [0.1, 0.15) is 36.9 Å². The predicted octanol–water partition coefficient (Wildman–Crippen LogP) is 5.03. The Hall–Kier alpha value is -1.25. The van der Waals surface area contributed by atoms with E-state index in [1.54, 1.807) is 13.1 Å². The van der Waals surface area contributed by atoms with Crippen molar-refractivity contribution in [3.63, 3.8) is 0 Å². The maximum absolute atomic E-state index is 6.30. The molecule has 1 unspecified atom stereocenters. The highest BCUT2D eigenvalue weighted by Gasteiger charge is 2.14. The molecule has 1 atom stereocenters. The third-order valence-electron chi connectivity index (χ3n) is 4.70. The second-order valence-corrected chi connectivity index (χ2v) is 7.52. The van der Waals surface area contributed by atoms with Crippen LogP contribution in [0.2, 0.25) is 10.0 Å². The maximum Gasteiger partial charge on any atom is 0.191 e. The van der Waals surface area contributed by atoms with Gasteiger partial charge in [-0.25, -0.2) is 4.98 Å². The van der Waals surface area contributed by atoms with Crippen LogP contribution in [0.4, 0.5) is 5.82 Å². The number of benzene rings is 1. The maximum atomic E-state index is 6.30. The minimum absolute atomic E-state index is 0. The van der Waals surface area contributed by atoms with Crippen molar-refractivity contribution in [2.75, 3.05) is 25.0 Å². The van der Waals surface area contributed by atoms with E-state index in [1.165, 1.54) is 12.8 Å². The number of guanidine groups is 1. The molecule has 1 aliphatic rings. The van der Waals surface area contributed by atoms with Gasteiger partial charge in [0.05, 0.1) is 6.04 Å². The Morgan fingerprint density at radius 2 is 1.96 bits per heavy atom. The molecule has 0 aliphatic carbocycles. The van der Waals surface area contributed by atoms with Gasteiger partial charge in [0.1, 0.15) is 5.82 Å². The van der Waals surface area contributed by atoms with Crippen molar-refractivity contribution in [1.29, 1.82) is 0 Å². The van der Waals surface area contributed by atoms with Crippen LogP contribution >= 0.6 is 47.2 Å². The summed E-state index contributed by atoms with van der Waals surface area (Å²) in [5, 5.41) is 7.94. The van der Waals surface area contributed by atoms with Gasteiger partial charge in [-0.1, -0.05) is 35.3 Å². The lowest BCUT2D eigenvalue weighted by Crippen LogP contribution is -2.38. The van der Waals surface area contributed by atoms with Gasteiger partial charge in [0, 0.05) is 42.9 Å². The van der Waals surface area contributed by atoms with E-state index in [2.05, 4.69) is 37.6 Å². The highest BCUT2D eigenvalue weighted by Crippen LogP contribution is 2.26. The second kappa shape index (κ2) is 11.1. The highest BCUT2D eigenvalue weighted by atomic mass is 127. The van der Waals surface area contributed by atoms with Crippen molar-refractivity contribution in [2.45, 2.75) is 32.4 Å². The smallest absolute Gasteiger partial charge is 0.191 e. The van der Waals surface area contributed by atoms with E-state index in [-0.39, 0.29) is 30.0 Å². The Morgan fingerprint density at radius 3 is 2.57 bits per heavy atom. The van der Waals surface area contributed by atoms with Crippen LogP contribution in [0, 0.1) is 0 Å². The SMILES string of the molecule is CN=C(NCc1ccc(N2CCCC2)nc1)NC(C)c1ccc(Cl)cc1Cl.I. The van der Waals surface area contributed by atoms with Crippen LogP contribution in [-0.4, -0.2) is 31.1 Å². The summed E-state index contributed by atoms with van der Waals surface area (Å²) in [6.45, 7) is 4.89. The molecule has 1 fully saturated rings. The number of hydrogen-bond donors (Lipinski definition) is 2. The van der Waals surface area contributed by atoms with Gasteiger partial charge < -0.3 is 15.5 Å². The minimum atomic E-state index is -0.00312. The minimum Gasteiger partial charge on any atom is -0.357 e. The molecule has 1 saturated heterocycles. The molecule has 0 bridgehead atoms. The van der Waals surface area contributed by atoms with Gasteiger partial charge in [-0.3, -0.25) is 4.99 Å². The average molecular weight is 534 g/mol. The average Bonchev–Trinajstić information content (AvgIpc) is 3.20. The number of nitrogens with zero attached hydrogens (tertiary/aromatic N) is 3. The molecule has 0 amide bonds. The van der Waals surface area contributed by atoms with Crippen molar-refractivity contribution < 1.29 is 0 Å². The summed E-state index contributed by atoms with van der Waals surface area (Å²) < 4.78 is 0. The summed E-state index contributed by atoms with van der Waals surface area (Å²) in [4.78, 5) is 11.2. The molecule has 152 valence electrons. The van der Waals surface area contributed by atoms with Gasteiger partial charge >= 0.3 is 0 Å². The molecule has 28 heavy (non-hydrogen) atoms. The second-order valence-electron chi connectivity index (χ2n) is 6.68. The van der Waals surface area contributed by atoms with Crippen molar-refractivity contribution >= 4 is 59.0 Å². The van der Waals surface area contributed by atoms with E-state index >= 15 is 0 Å². The fourth-order valence-electron chi connectivity index (χ4n) is 3.17. The summed E-state index contributed by atoms with van der Waals surface area (Å²) >= 11 is 12.3. The standard InChI is InChI=1S/C20H25Cl2N5.HI/c1-14(17-7-6-16(21)11-18(17)22)26-20(23-2)25-13-15-5-8-19(24-12-15)27-9-3-4-10-27;/h5-8,11-12,14H,3-4,9-10,13H2,1-2H3,(H2,23,25,26);1H. The lowest BCUT2D eigenvalue weighted by Gasteiger charge is -2.20. The first-order valence-electron chi connectivity index (χ1n) is 9.19. The summed E-state index contributed by atoms with van der Waals surface area (Å²) in [5.41, 5.74) is 2.08. The number of aromatic nitrogens is 1. The molecule has 0 saturated carbocycles. The molecule has 2 N–H and O–H groups in total. The monoisotopic (exact) mass is 533 g/mol. The summed E-state index contributed by atoms with van der Waals surface area (Å²) in [5.74, 6) is 1.77. The van der Waals surface area contributed by atoms with Crippen LogP contribution in [0.25, 0.3) is 0 Å². The molecule has 0 radical (unpaired) electrons. The van der Waals surface area contributed by atoms with Gasteiger partial charge in [0.15, 0.2) is 5.96 Å². The molecule has 2 aromatic rings. The van der Waals surface area contributed by atoms with Gasteiger partial charge in [0.2, 0.25) is 0 Å². The molecule has 2 heterocycles. The Morgan fingerprint density at radius 1 is 1.21 bits per heavy atom. The van der Waals surface area contributed by atoms with Crippen LogP contribution in [0.15, 0.2) is 41.5 Å². The Labute approximate surface area is 193 Å². The third-order valence-corrected chi connectivity index (χ3v) is 5.27. The van der Waals surface area contributed by atoms with Crippen LogP contribution in [0.5, 0.6) is 0 Å². The zero-order valence-corrected chi connectivity index (χ0v) is 19.9. The Balaban J connectivity index is 0.00000280. The van der Waals surface area contributed by atoms with E-state index in [4.69, 9.17) is 23.2 Å². The third kappa shape index (κ3) is 6.12. The van der Waals surface area contributed by atoms with Gasteiger partial charge in [-0.05, 0) is 49.1 Å². The number of halogens is 3. The largest absolute Gasteiger partial charge is 0.357 e. The van der Waals surface area contributed by atoms with Gasteiger partial charge in [0.25, 0.3) is 0 Å². The summed E-state index contributed by atoms with van der Waals surface area (Å²) in [6, 6.07) is 9.72. The Bertz CT molecular complexity index is 792. The zero-order valence-electron chi connectivity index (χ0n) is 16.1. The van der Waals surface area contributed by atoms with E-state index in [9.17, 15) is 0 Å². The van der Waals surface area contributed by atoms with Crippen molar-refractivity contribution in [3.05, 3.63) is 57.7 Å². The number of anilines is 1. The van der Waals surface area contributed by atoms with Crippen molar-refractivity contribution in [1.82, 2.24) is 15.6 Å². The fraction of sp³-hybridized carbons (Fsp3) is 0.400. The van der Waals surface area contributed by atoms with Gasteiger partial charge in [-0.15, -0.1) is 24.0 Å². The number of hydrogen-bond acceptors (Lipinski definition) is 3. The van der Waals surface area contributed by atoms with Crippen LogP contribution in [-0.2, 0) is 6.54 Å². The first-order chi connectivity index (χ1) is 13.1. The van der Waals surface area contributed by atoms with Gasteiger partial charge in [-0.2, -0.15) is 0 Å². The lowest BCUT2D eigenvalue weighted by molar-refractivity contribution is 0.685. The molecule has 1 aliphatic heterocycles. The fourth-order valence-corrected chi connectivity index (χ4v) is 3.74. The van der Waals surface area contributed by atoms with E-state index in [0.717, 1.165) is 30.0 Å². The van der Waals surface area contributed by atoms with Crippen LogP contribution in [0.3, 0.4) is 0 Å². The molecular weight excluding hydrogens is 508 g/mol. The number of aliphatic imine (C=N–C) groups is 1. The topological polar surface area (TPSA) is 52.6 Å². The molecule has 3 rings (SSSR count).